The molecular weight excluding hydrogens is 320 g/mol. The van der Waals surface area contributed by atoms with Gasteiger partial charge in [0.2, 0.25) is 5.88 Å². The number of methoxy groups -OCH3 is 1. The van der Waals surface area contributed by atoms with Crippen LogP contribution in [0.25, 0.3) is 0 Å². The molecule has 2 aromatic rings. The van der Waals surface area contributed by atoms with Gasteiger partial charge in [-0.3, -0.25) is 0 Å². The van der Waals surface area contributed by atoms with Gasteiger partial charge in [0.15, 0.2) is 5.82 Å². The lowest BCUT2D eigenvalue weighted by Gasteiger charge is -2.27. The second-order valence-electron chi connectivity index (χ2n) is 6.82. The molecule has 0 radical (unpaired) electrons. The van der Waals surface area contributed by atoms with E-state index in [-0.39, 0.29) is 6.03 Å². The summed E-state index contributed by atoms with van der Waals surface area (Å²) in [4.78, 5) is 16.7. The molecule has 1 aliphatic heterocycles. The number of nitrogens with zero attached hydrogens (tertiary/aromatic N) is 4. The molecule has 8 heteroatoms. The van der Waals surface area contributed by atoms with E-state index in [2.05, 4.69) is 30.4 Å². The maximum absolute atomic E-state index is 12.5. The number of fused-ring (bicyclic) bond motifs is 1. The van der Waals surface area contributed by atoms with Gasteiger partial charge in [0.25, 0.3) is 0 Å². The predicted octanol–water partition coefficient (Wildman–Crippen LogP) is 2.38. The van der Waals surface area contributed by atoms with Crippen molar-refractivity contribution in [1.82, 2.24) is 25.1 Å². The number of pyridine rings is 1. The molecule has 0 unspecified atom stereocenters. The Bertz CT molecular complexity index is 783. The lowest BCUT2D eigenvalue weighted by molar-refractivity contribution is 0.239. The van der Waals surface area contributed by atoms with Gasteiger partial charge in [-0.1, -0.05) is 0 Å². The van der Waals surface area contributed by atoms with Crippen LogP contribution >= 0.6 is 0 Å². The average Bonchev–Trinajstić information content (AvgIpc) is 2.99. The van der Waals surface area contributed by atoms with E-state index in [0.717, 1.165) is 43.0 Å². The number of nitrogens with one attached hydrogen (secondary N) is 2. The second kappa shape index (κ2) is 6.70. The molecule has 0 aromatic carbocycles. The summed E-state index contributed by atoms with van der Waals surface area (Å²) in [5, 5.41) is 14.4. The number of rotatable bonds is 4. The standard InChI is InChI=1S/C17H24N6O2/c1-11-9-12(14(25-4)18-10-11)19-16(24)20-17(2,3)15-22-21-13-7-5-6-8-23(13)15/h9-10H,5-8H2,1-4H3,(H2,19,20,24). The fourth-order valence-corrected chi connectivity index (χ4v) is 3.07. The van der Waals surface area contributed by atoms with Crippen molar-refractivity contribution in [2.24, 2.45) is 0 Å². The molecule has 8 nitrogen and oxygen atoms in total. The molecule has 0 bridgehead atoms. The normalized spacial score (nSPS) is 13.9. The number of carbonyl (C=O) groups is 1. The van der Waals surface area contributed by atoms with Crippen molar-refractivity contribution in [3.05, 3.63) is 29.5 Å². The van der Waals surface area contributed by atoms with E-state index in [1.807, 2.05) is 26.8 Å². The third-order valence-corrected chi connectivity index (χ3v) is 4.27. The minimum atomic E-state index is -0.656. The molecule has 2 aromatic heterocycles. The molecule has 2 N–H and O–H groups in total. The molecule has 3 heterocycles. The number of ether oxygens (including phenoxy) is 1. The fraction of sp³-hybridized carbons (Fsp3) is 0.529. The van der Waals surface area contributed by atoms with Gasteiger partial charge in [-0.05, 0) is 45.2 Å². The third-order valence-electron chi connectivity index (χ3n) is 4.27. The number of carbonyl (C=O) groups excluding carboxylic acids is 1. The van der Waals surface area contributed by atoms with Gasteiger partial charge in [0.1, 0.15) is 11.5 Å². The summed E-state index contributed by atoms with van der Waals surface area (Å²) in [6, 6.07) is 1.47. The first-order valence-corrected chi connectivity index (χ1v) is 8.43. The van der Waals surface area contributed by atoms with Gasteiger partial charge < -0.3 is 19.9 Å². The van der Waals surface area contributed by atoms with Crippen LogP contribution in [0.4, 0.5) is 10.5 Å². The molecule has 0 aliphatic carbocycles. The quantitative estimate of drug-likeness (QED) is 0.888. The largest absolute Gasteiger partial charge is 0.480 e. The van der Waals surface area contributed by atoms with Crippen molar-refractivity contribution >= 4 is 11.7 Å². The molecule has 134 valence electrons. The van der Waals surface area contributed by atoms with Gasteiger partial charge in [0.05, 0.1) is 12.6 Å². The van der Waals surface area contributed by atoms with Crippen molar-refractivity contribution in [1.29, 1.82) is 0 Å². The monoisotopic (exact) mass is 344 g/mol. The molecule has 2 amide bonds. The molecule has 0 atom stereocenters. The molecule has 1 aliphatic rings. The summed E-state index contributed by atoms with van der Waals surface area (Å²) >= 11 is 0. The first kappa shape index (κ1) is 17.2. The van der Waals surface area contributed by atoms with Crippen LogP contribution in [-0.2, 0) is 18.5 Å². The zero-order valence-electron chi connectivity index (χ0n) is 15.1. The maximum Gasteiger partial charge on any atom is 0.320 e. The zero-order chi connectivity index (χ0) is 18.0. The van der Waals surface area contributed by atoms with Crippen molar-refractivity contribution in [3.63, 3.8) is 0 Å². The summed E-state index contributed by atoms with van der Waals surface area (Å²) in [6.45, 7) is 6.64. The van der Waals surface area contributed by atoms with Gasteiger partial charge in [-0.15, -0.1) is 10.2 Å². The van der Waals surface area contributed by atoms with E-state index in [4.69, 9.17) is 4.74 Å². The van der Waals surface area contributed by atoms with Crippen LogP contribution in [0.2, 0.25) is 0 Å². The van der Waals surface area contributed by atoms with E-state index < -0.39 is 5.54 Å². The number of hydrogen-bond donors (Lipinski definition) is 2. The molecule has 3 rings (SSSR count). The van der Waals surface area contributed by atoms with Gasteiger partial charge in [-0.2, -0.15) is 0 Å². The number of anilines is 1. The highest BCUT2D eigenvalue weighted by molar-refractivity contribution is 5.91. The Morgan fingerprint density at radius 1 is 1.32 bits per heavy atom. The summed E-state index contributed by atoms with van der Waals surface area (Å²) in [7, 11) is 1.52. The smallest absolute Gasteiger partial charge is 0.320 e. The van der Waals surface area contributed by atoms with Gasteiger partial charge >= 0.3 is 6.03 Å². The first-order valence-electron chi connectivity index (χ1n) is 8.43. The third kappa shape index (κ3) is 3.57. The summed E-state index contributed by atoms with van der Waals surface area (Å²) in [6.07, 6.45) is 4.86. The molecule has 0 spiro atoms. The van der Waals surface area contributed by atoms with Crippen LogP contribution in [-0.4, -0.2) is 32.9 Å². The highest BCUT2D eigenvalue weighted by Gasteiger charge is 2.31. The van der Waals surface area contributed by atoms with Crippen LogP contribution in [0.5, 0.6) is 5.88 Å². The van der Waals surface area contributed by atoms with Crippen molar-refractivity contribution in [3.8, 4) is 5.88 Å². The minimum absolute atomic E-state index is 0.344. The summed E-state index contributed by atoms with van der Waals surface area (Å²) in [5.74, 6) is 2.13. The van der Waals surface area contributed by atoms with Crippen LogP contribution in [0.3, 0.4) is 0 Å². The maximum atomic E-state index is 12.5. The van der Waals surface area contributed by atoms with Crippen molar-refractivity contribution < 1.29 is 9.53 Å². The molecular formula is C17H24N6O2. The van der Waals surface area contributed by atoms with E-state index in [9.17, 15) is 4.79 Å². The van der Waals surface area contributed by atoms with Gasteiger partial charge in [-0.25, -0.2) is 9.78 Å². The average molecular weight is 344 g/mol. The molecule has 0 saturated carbocycles. The van der Waals surface area contributed by atoms with E-state index >= 15 is 0 Å². The first-order chi connectivity index (χ1) is 11.9. The number of amides is 2. The lowest BCUT2D eigenvalue weighted by Crippen LogP contribution is -2.45. The number of aromatic nitrogens is 4. The van der Waals surface area contributed by atoms with E-state index in [0.29, 0.717) is 11.6 Å². The number of urea groups is 1. The zero-order valence-corrected chi connectivity index (χ0v) is 15.1. The Morgan fingerprint density at radius 2 is 2.12 bits per heavy atom. The Labute approximate surface area is 147 Å². The van der Waals surface area contributed by atoms with Crippen molar-refractivity contribution in [2.45, 2.75) is 52.1 Å². The Kier molecular flexibility index (Phi) is 4.61. The highest BCUT2D eigenvalue weighted by atomic mass is 16.5. The Hall–Kier alpha value is -2.64. The summed E-state index contributed by atoms with van der Waals surface area (Å²) in [5.41, 5.74) is 0.804. The minimum Gasteiger partial charge on any atom is -0.480 e. The SMILES string of the molecule is COc1ncc(C)cc1NC(=O)NC(C)(C)c1nnc2n1CCCC2. The number of aryl methyl sites for hydroxylation is 2. The van der Waals surface area contributed by atoms with E-state index in [1.165, 1.54) is 7.11 Å². The van der Waals surface area contributed by atoms with Crippen LogP contribution in [0.1, 0.15) is 43.9 Å². The van der Waals surface area contributed by atoms with Crippen LogP contribution in [0.15, 0.2) is 12.3 Å². The number of hydrogen-bond acceptors (Lipinski definition) is 5. The second-order valence-corrected chi connectivity index (χ2v) is 6.82. The topological polar surface area (TPSA) is 94.0 Å². The van der Waals surface area contributed by atoms with Crippen molar-refractivity contribution in [2.75, 3.05) is 12.4 Å². The fourth-order valence-electron chi connectivity index (χ4n) is 3.07. The lowest BCUT2D eigenvalue weighted by atomic mass is 10.0. The predicted molar refractivity (Wildman–Crippen MR) is 93.7 cm³/mol. The van der Waals surface area contributed by atoms with Crippen LogP contribution in [0, 0.1) is 6.92 Å². The Morgan fingerprint density at radius 3 is 2.88 bits per heavy atom. The van der Waals surface area contributed by atoms with Gasteiger partial charge in [0, 0.05) is 19.2 Å². The molecule has 0 saturated heterocycles. The van der Waals surface area contributed by atoms with E-state index in [1.54, 1.807) is 6.20 Å². The van der Waals surface area contributed by atoms with Crippen LogP contribution < -0.4 is 15.4 Å². The molecule has 25 heavy (non-hydrogen) atoms. The molecule has 0 fully saturated rings. The highest BCUT2D eigenvalue weighted by Crippen LogP contribution is 2.25. The summed E-state index contributed by atoms with van der Waals surface area (Å²) < 4.78 is 7.31. The Balaban J connectivity index is 1.76.